The van der Waals surface area contributed by atoms with Crippen molar-refractivity contribution < 1.29 is 14.3 Å². The van der Waals surface area contributed by atoms with Gasteiger partial charge in [-0.1, -0.05) is 30.3 Å². The third-order valence-electron chi connectivity index (χ3n) is 4.85. The molecule has 144 valence electrons. The maximum absolute atomic E-state index is 13.1. The Morgan fingerprint density at radius 3 is 2.68 bits per heavy atom. The highest BCUT2D eigenvalue weighted by Gasteiger charge is 2.40. The summed E-state index contributed by atoms with van der Waals surface area (Å²) >= 11 is 0. The van der Waals surface area contributed by atoms with Crippen molar-refractivity contribution in [2.75, 3.05) is 30.5 Å². The number of carbonyl (C=O) groups excluding carboxylic acids is 2. The molecule has 7 heteroatoms. The summed E-state index contributed by atoms with van der Waals surface area (Å²) in [4.78, 5) is 32.0. The maximum Gasteiger partial charge on any atom is 0.253 e. The van der Waals surface area contributed by atoms with Crippen LogP contribution in [0, 0.1) is 0 Å². The number of hydrogen-bond acceptors (Lipinski definition) is 4. The van der Waals surface area contributed by atoms with Crippen molar-refractivity contribution in [2.45, 2.75) is 18.9 Å². The lowest BCUT2D eigenvalue weighted by Crippen LogP contribution is -2.32. The summed E-state index contributed by atoms with van der Waals surface area (Å²) in [6.45, 7) is 1.07. The van der Waals surface area contributed by atoms with Crippen molar-refractivity contribution in [3.63, 3.8) is 0 Å². The van der Waals surface area contributed by atoms with Gasteiger partial charge in [-0.05, 0) is 30.7 Å². The van der Waals surface area contributed by atoms with Gasteiger partial charge in [0, 0.05) is 25.9 Å². The van der Waals surface area contributed by atoms with Crippen LogP contribution in [-0.2, 0) is 14.3 Å². The second-order valence-corrected chi connectivity index (χ2v) is 6.74. The minimum atomic E-state index is -0.603. The summed E-state index contributed by atoms with van der Waals surface area (Å²) < 4.78 is 7.00. The number of nitrogens with zero attached hydrogens (tertiary/aromatic N) is 3. The van der Waals surface area contributed by atoms with Crippen LogP contribution in [-0.4, -0.2) is 41.6 Å². The van der Waals surface area contributed by atoms with Crippen molar-refractivity contribution in [1.82, 2.24) is 9.55 Å². The van der Waals surface area contributed by atoms with Gasteiger partial charge in [-0.15, -0.1) is 0 Å². The standard InChI is InChI=1S/C21H22N4O3/c1-28-13-7-12-24-20(27)18(14-19(26)22-15-8-3-2-4-9-15)25-17-11-6-5-10-16(17)23-21(24)25/h2-6,8-11,18H,7,12-14H2,1H3,(H,22,26)/t18-/m1/s1. The van der Waals surface area contributed by atoms with E-state index in [0.717, 1.165) is 11.0 Å². The summed E-state index contributed by atoms with van der Waals surface area (Å²) in [7, 11) is 1.64. The van der Waals surface area contributed by atoms with Gasteiger partial charge in [-0.3, -0.25) is 19.1 Å². The average molecular weight is 378 g/mol. The molecule has 0 fully saturated rings. The number of anilines is 2. The van der Waals surface area contributed by atoms with E-state index in [-0.39, 0.29) is 18.2 Å². The van der Waals surface area contributed by atoms with Gasteiger partial charge in [-0.2, -0.15) is 0 Å². The third kappa shape index (κ3) is 3.36. The number of ether oxygens (including phenoxy) is 1. The van der Waals surface area contributed by atoms with Crippen molar-refractivity contribution >= 4 is 34.5 Å². The largest absolute Gasteiger partial charge is 0.385 e. The fourth-order valence-corrected chi connectivity index (χ4v) is 3.58. The lowest BCUT2D eigenvalue weighted by Gasteiger charge is -2.15. The molecule has 2 heterocycles. The van der Waals surface area contributed by atoms with Crippen LogP contribution in [0.15, 0.2) is 54.6 Å². The number of fused-ring (bicyclic) bond motifs is 3. The molecule has 0 saturated carbocycles. The first-order valence-electron chi connectivity index (χ1n) is 9.31. The fraction of sp³-hybridized carbons (Fsp3) is 0.286. The molecule has 0 saturated heterocycles. The molecule has 7 nitrogen and oxygen atoms in total. The van der Waals surface area contributed by atoms with Gasteiger partial charge in [0.05, 0.1) is 17.5 Å². The van der Waals surface area contributed by atoms with Crippen LogP contribution < -0.4 is 10.2 Å². The Labute approximate surface area is 162 Å². The van der Waals surface area contributed by atoms with Crippen LogP contribution in [0.5, 0.6) is 0 Å². The molecular weight excluding hydrogens is 356 g/mol. The number of imidazole rings is 1. The number of nitrogens with one attached hydrogen (secondary N) is 1. The summed E-state index contributed by atoms with van der Waals surface area (Å²) in [5.74, 6) is 0.291. The van der Waals surface area contributed by atoms with Gasteiger partial charge < -0.3 is 10.1 Å². The Morgan fingerprint density at radius 1 is 1.14 bits per heavy atom. The molecule has 0 radical (unpaired) electrons. The number of rotatable bonds is 7. The first-order chi connectivity index (χ1) is 13.7. The second-order valence-electron chi connectivity index (χ2n) is 6.74. The van der Waals surface area contributed by atoms with Gasteiger partial charge >= 0.3 is 0 Å². The molecule has 1 aliphatic rings. The molecule has 4 rings (SSSR count). The molecule has 1 aromatic heterocycles. The molecule has 3 aromatic rings. The molecule has 1 atom stereocenters. The zero-order chi connectivity index (χ0) is 19.5. The van der Waals surface area contributed by atoms with Gasteiger partial charge in [-0.25, -0.2) is 4.98 Å². The summed E-state index contributed by atoms with van der Waals surface area (Å²) in [5, 5.41) is 2.86. The topological polar surface area (TPSA) is 76.5 Å². The first kappa shape index (κ1) is 18.2. The highest BCUT2D eigenvalue weighted by Crippen LogP contribution is 2.36. The highest BCUT2D eigenvalue weighted by molar-refractivity contribution is 6.05. The second kappa shape index (κ2) is 7.82. The molecule has 0 unspecified atom stereocenters. The first-order valence-corrected chi connectivity index (χ1v) is 9.31. The minimum absolute atomic E-state index is 0.0574. The van der Waals surface area contributed by atoms with Crippen molar-refractivity contribution in [2.24, 2.45) is 0 Å². The Balaban J connectivity index is 1.62. The monoisotopic (exact) mass is 378 g/mol. The number of aromatic nitrogens is 2. The van der Waals surface area contributed by atoms with E-state index >= 15 is 0 Å². The third-order valence-corrected chi connectivity index (χ3v) is 4.85. The van der Waals surface area contributed by atoms with Gasteiger partial charge in [0.25, 0.3) is 5.91 Å². The number of amides is 2. The number of hydrogen-bond donors (Lipinski definition) is 1. The van der Waals surface area contributed by atoms with E-state index in [0.29, 0.717) is 31.2 Å². The lowest BCUT2D eigenvalue weighted by molar-refractivity contribution is -0.124. The molecule has 0 aliphatic carbocycles. The van der Waals surface area contributed by atoms with E-state index in [1.54, 1.807) is 12.0 Å². The summed E-state index contributed by atoms with van der Waals surface area (Å²) in [6, 6.07) is 16.3. The molecular formula is C21H22N4O3. The molecule has 2 amide bonds. The van der Waals surface area contributed by atoms with Gasteiger partial charge in [0.15, 0.2) is 0 Å². The zero-order valence-electron chi connectivity index (χ0n) is 15.7. The Hall–Kier alpha value is -3.19. The fourth-order valence-electron chi connectivity index (χ4n) is 3.58. The quantitative estimate of drug-likeness (QED) is 0.641. The molecule has 1 N–H and O–H groups in total. The van der Waals surface area contributed by atoms with E-state index in [2.05, 4.69) is 10.3 Å². The number of carbonyl (C=O) groups is 2. The van der Waals surface area contributed by atoms with Crippen molar-refractivity contribution in [3.05, 3.63) is 54.6 Å². The molecule has 0 bridgehead atoms. The maximum atomic E-state index is 13.1. The number of methoxy groups -OCH3 is 1. The predicted octanol–water partition coefficient (Wildman–Crippen LogP) is 2.99. The predicted molar refractivity (Wildman–Crippen MR) is 107 cm³/mol. The normalized spacial score (nSPS) is 15.8. The SMILES string of the molecule is COCCCN1C(=O)[C@@H](CC(=O)Nc2ccccc2)n2c1nc1ccccc12. The summed E-state index contributed by atoms with van der Waals surface area (Å²) in [5.41, 5.74) is 2.39. The summed E-state index contributed by atoms with van der Waals surface area (Å²) in [6.07, 6.45) is 0.760. The van der Waals surface area contributed by atoms with Crippen LogP contribution >= 0.6 is 0 Å². The van der Waals surface area contributed by atoms with E-state index in [9.17, 15) is 9.59 Å². The van der Waals surface area contributed by atoms with Crippen molar-refractivity contribution in [1.29, 1.82) is 0 Å². The van der Waals surface area contributed by atoms with E-state index in [4.69, 9.17) is 4.74 Å². The lowest BCUT2D eigenvalue weighted by atomic mass is 10.1. The number of para-hydroxylation sites is 3. The van der Waals surface area contributed by atoms with Crippen LogP contribution in [0.1, 0.15) is 18.9 Å². The van der Waals surface area contributed by atoms with Gasteiger partial charge in [0.1, 0.15) is 6.04 Å². The van der Waals surface area contributed by atoms with Gasteiger partial charge in [0.2, 0.25) is 11.9 Å². The molecule has 0 spiro atoms. The number of benzene rings is 2. The van der Waals surface area contributed by atoms with E-state index in [1.165, 1.54) is 0 Å². The van der Waals surface area contributed by atoms with E-state index < -0.39 is 6.04 Å². The molecule has 1 aliphatic heterocycles. The molecule has 2 aromatic carbocycles. The Kier molecular flexibility index (Phi) is 5.08. The smallest absolute Gasteiger partial charge is 0.253 e. The average Bonchev–Trinajstić information content (AvgIpc) is 3.19. The molecule has 28 heavy (non-hydrogen) atoms. The van der Waals surface area contributed by atoms with Crippen molar-refractivity contribution in [3.8, 4) is 0 Å². The van der Waals surface area contributed by atoms with E-state index in [1.807, 2.05) is 59.2 Å². The Morgan fingerprint density at radius 2 is 1.89 bits per heavy atom. The zero-order valence-corrected chi connectivity index (χ0v) is 15.7. The highest BCUT2D eigenvalue weighted by atomic mass is 16.5. The van der Waals surface area contributed by atoms with Crippen LogP contribution in [0.3, 0.4) is 0 Å². The van der Waals surface area contributed by atoms with Crippen LogP contribution in [0.25, 0.3) is 11.0 Å². The van der Waals surface area contributed by atoms with Crippen LogP contribution in [0.2, 0.25) is 0 Å². The van der Waals surface area contributed by atoms with Crippen LogP contribution in [0.4, 0.5) is 11.6 Å². The minimum Gasteiger partial charge on any atom is -0.385 e. The Bertz CT molecular complexity index is 999.